The van der Waals surface area contributed by atoms with E-state index in [4.69, 9.17) is 20.6 Å². The van der Waals surface area contributed by atoms with Gasteiger partial charge in [-0.05, 0) is 42.5 Å². The van der Waals surface area contributed by atoms with Crippen molar-refractivity contribution in [3.8, 4) is 29.0 Å². The number of methoxy groups -OCH3 is 1. The summed E-state index contributed by atoms with van der Waals surface area (Å²) in [7, 11) is 1.62. The quantitative estimate of drug-likeness (QED) is 0.389. The highest BCUT2D eigenvalue weighted by atomic mass is 32.2. The van der Waals surface area contributed by atoms with Gasteiger partial charge in [0.15, 0.2) is 5.82 Å². The highest BCUT2D eigenvalue weighted by molar-refractivity contribution is 7.99. The van der Waals surface area contributed by atoms with Gasteiger partial charge in [-0.25, -0.2) is 4.68 Å². The molecule has 0 aliphatic heterocycles. The molecule has 2 N–H and O–H groups in total. The van der Waals surface area contributed by atoms with Gasteiger partial charge in [0.25, 0.3) is 0 Å². The van der Waals surface area contributed by atoms with E-state index >= 15 is 0 Å². The molecule has 0 saturated carbocycles. The summed E-state index contributed by atoms with van der Waals surface area (Å²) in [6.07, 6.45) is 0. The standard InChI is InChI=1S/C18H17N5O2S/c1-24-15-7-5-14(6-8-15)17-21-22-18(23(17)20)26-10-9-25-16-4-2-3-13(11-16)12-19/h2-8,11H,9-10,20H2,1H3. The minimum atomic E-state index is 0.463. The Balaban J connectivity index is 1.57. The van der Waals surface area contributed by atoms with Crippen molar-refractivity contribution in [2.75, 3.05) is 25.3 Å². The number of nitrogens with zero attached hydrogens (tertiary/aromatic N) is 4. The summed E-state index contributed by atoms with van der Waals surface area (Å²) < 4.78 is 12.3. The van der Waals surface area contributed by atoms with Gasteiger partial charge in [-0.2, -0.15) is 5.26 Å². The molecule has 7 nitrogen and oxygen atoms in total. The Labute approximate surface area is 155 Å². The van der Waals surface area contributed by atoms with Crippen LogP contribution in [0, 0.1) is 11.3 Å². The maximum atomic E-state index is 8.89. The summed E-state index contributed by atoms with van der Waals surface area (Å²) in [6.45, 7) is 0.463. The van der Waals surface area contributed by atoms with Crippen LogP contribution < -0.4 is 15.3 Å². The molecular weight excluding hydrogens is 350 g/mol. The van der Waals surface area contributed by atoms with Gasteiger partial charge < -0.3 is 15.3 Å². The van der Waals surface area contributed by atoms with Crippen molar-refractivity contribution in [3.63, 3.8) is 0 Å². The van der Waals surface area contributed by atoms with Crippen LogP contribution in [-0.2, 0) is 0 Å². The number of hydrogen-bond acceptors (Lipinski definition) is 7. The monoisotopic (exact) mass is 367 g/mol. The minimum Gasteiger partial charge on any atom is -0.497 e. The average molecular weight is 367 g/mol. The molecule has 8 heteroatoms. The normalized spacial score (nSPS) is 10.3. The molecule has 132 valence electrons. The van der Waals surface area contributed by atoms with Gasteiger partial charge in [0.05, 0.1) is 25.3 Å². The molecule has 0 radical (unpaired) electrons. The molecule has 0 aliphatic rings. The molecule has 0 amide bonds. The number of nitrogen functional groups attached to an aromatic ring is 1. The first-order chi connectivity index (χ1) is 12.7. The lowest BCUT2D eigenvalue weighted by Gasteiger charge is -2.06. The van der Waals surface area contributed by atoms with Crippen molar-refractivity contribution >= 4 is 11.8 Å². The number of benzene rings is 2. The summed E-state index contributed by atoms with van der Waals surface area (Å²) in [6, 6.07) is 16.6. The summed E-state index contributed by atoms with van der Waals surface area (Å²) in [5, 5.41) is 17.8. The molecule has 0 spiro atoms. The van der Waals surface area contributed by atoms with E-state index in [9.17, 15) is 0 Å². The average Bonchev–Trinajstić information content (AvgIpc) is 3.06. The van der Waals surface area contributed by atoms with Crippen LogP contribution in [0.2, 0.25) is 0 Å². The first-order valence-electron chi connectivity index (χ1n) is 7.82. The predicted molar refractivity (Wildman–Crippen MR) is 99.5 cm³/mol. The van der Waals surface area contributed by atoms with Gasteiger partial charge in [-0.15, -0.1) is 10.2 Å². The summed E-state index contributed by atoms with van der Waals surface area (Å²) in [4.78, 5) is 0. The highest BCUT2D eigenvalue weighted by Crippen LogP contribution is 2.23. The molecule has 1 aromatic heterocycles. The highest BCUT2D eigenvalue weighted by Gasteiger charge is 2.12. The molecule has 0 aliphatic carbocycles. The number of hydrogen-bond donors (Lipinski definition) is 1. The van der Waals surface area contributed by atoms with Gasteiger partial charge in [-0.1, -0.05) is 17.8 Å². The fourth-order valence-electron chi connectivity index (χ4n) is 2.26. The number of rotatable bonds is 7. The molecule has 0 saturated heterocycles. The maximum Gasteiger partial charge on any atom is 0.210 e. The number of aromatic nitrogens is 3. The Morgan fingerprint density at radius 1 is 1.15 bits per heavy atom. The Hall–Kier alpha value is -3.18. The lowest BCUT2D eigenvalue weighted by molar-refractivity contribution is 0.343. The fourth-order valence-corrected chi connectivity index (χ4v) is 2.93. The number of nitriles is 1. The van der Waals surface area contributed by atoms with Gasteiger partial charge in [0, 0.05) is 11.3 Å². The third kappa shape index (κ3) is 4.07. The van der Waals surface area contributed by atoms with Crippen LogP contribution in [0.4, 0.5) is 0 Å². The summed E-state index contributed by atoms with van der Waals surface area (Å²) in [5.41, 5.74) is 1.43. The first kappa shape index (κ1) is 17.6. The molecule has 26 heavy (non-hydrogen) atoms. The van der Waals surface area contributed by atoms with Crippen molar-refractivity contribution in [1.82, 2.24) is 14.9 Å². The second-order valence-corrected chi connectivity index (χ2v) is 6.30. The lowest BCUT2D eigenvalue weighted by atomic mass is 10.2. The van der Waals surface area contributed by atoms with E-state index in [1.165, 1.54) is 16.4 Å². The van der Waals surface area contributed by atoms with E-state index in [1.807, 2.05) is 30.3 Å². The van der Waals surface area contributed by atoms with Crippen LogP contribution in [0.25, 0.3) is 11.4 Å². The van der Waals surface area contributed by atoms with Crippen LogP contribution in [0.5, 0.6) is 11.5 Å². The predicted octanol–water partition coefficient (Wildman–Crippen LogP) is 2.71. The summed E-state index contributed by atoms with van der Waals surface area (Å²) >= 11 is 1.45. The zero-order chi connectivity index (χ0) is 18.4. The molecule has 0 fully saturated rings. The van der Waals surface area contributed by atoms with E-state index in [0.717, 1.165) is 11.3 Å². The van der Waals surface area contributed by atoms with E-state index in [-0.39, 0.29) is 0 Å². The Kier molecular flexibility index (Phi) is 5.61. The van der Waals surface area contributed by atoms with Gasteiger partial charge in [0.1, 0.15) is 11.5 Å². The molecular formula is C18H17N5O2S. The minimum absolute atomic E-state index is 0.463. The second kappa shape index (κ2) is 8.27. The molecule has 0 unspecified atom stereocenters. The van der Waals surface area contributed by atoms with Crippen molar-refractivity contribution in [3.05, 3.63) is 54.1 Å². The van der Waals surface area contributed by atoms with Crippen LogP contribution >= 0.6 is 11.8 Å². The van der Waals surface area contributed by atoms with Crippen LogP contribution in [0.15, 0.2) is 53.7 Å². The van der Waals surface area contributed by atoms with Crippen LogP contribution in [0.1, 0.15) is 5.56 Å². The summed E-state index contributed by atoms with van der Waals surface area (Å²) in [5.74, 6) is 8.76. The maximum absolute atomic E-state index is 8.89. The molecule has 0 atom stereocenters. The molecule has 1 heterocycles. The van der Waals surface area contributed by atoms with E-state index < -0.39 is 0 Å². The van der Waals surface area contributed by atoms with E-state index in [1.54, 1.807) is 25.3 Å². The zero-order valence-electron chi connectivity index (χ0n) is 14.1. The van der Waals surface area contributed by atoms with Crippen molar-refractivity contribution < 1.29 is 9.47 Å². The van der Waals surface area contributed by atoms with E-state index in [0.29, 0.717) is 34.7 Å². The smallest absolute Gasteiger partial charge is 0.210 e. The number of thioether (sulfide) groups is 1. The largest absolute Gasteiger partial charge is 0.497 e. The van der Waals surface area contributed by atoms with Crippen LogP contribution in [-0.4, -0.2) is 34.3 Å². The van der Waals surface area contributed by atoms with Gasteiger partial charge >= 0.3 is 0 Å². The number of ether oxygens (including phenoxy) is 2. The second-order valence-electron chi connectivity index (χ2n) is 5.24. The Morgan fingerprint density at radius 3 is 2.69 bits per heavy atom. The molecule has 3 rings (SSSR count). The van der Waals surface area contributed by atoms with Crippen LogP contribution in [0.3, 0.4) is 0 Å². The fraction of sp³-hybridized carbons (Fsp3) is 0.167. The van der Waals surface area contributed by atoms with Crippen molar-refractivity contribution in [2.45, 2.75) is 5.16 Å². The van der Waals surface area contributed by atoms with Gasteiger partial charge in [-0.3, -0.25) is 0 Å². The zero-order valence-corrected chi connectivity index (χ0v) is 14.9. The van der Waals surface area contributed by atoms with Crippen molar-refractivity contribution in [1.29, 1.82) is 5.26 Å². The first-order valence-corrected chi connectivity index (χ1v) is 8.80. The Bertz CT molecular complexity index is 918. The third-order valence-corrected chi connectivity index (χ3v) is 4.47. The van der Waals surface area contributed by atoms with Gasteiger partial charge in [0.2, 0.25) is 5.16 Å². The molecule has 3 aromatic rings. The van der Waals surface area contributed by atoms with E-state index in [2.05, 4.69) is 16.3 Å². The SMILES string of the molecule is COc1ccc(-c2nnc(SCCOc3cccc(C#N)c3)n2N)cc1. The third-order valence-electron chi connectivity index (χ3n) is 3.56. The number of nitrogens with two attached hydrogens (primary N) is 1. The molecule has 2 aromatic carbocycles. The lowest BCUT2D eigenvalue weighted by Crippen LogP contribution is -2.12. The topological polar surface area (TPSA) is 99.0 Å². The van der Waals surface area contributed by atoms with Crippen molar-refractivity contribution in [2.24, 2.45) is 0 Å². The molecule has 0 bridgehead atoms. The Morgan fingerprint density at radius 2 is 1.96 bits per heavy atom.